The van der Waals surface area contributed by atoms with Gasteiger partial charge in [-0.05, 0) is 38.3 Å². The van der Waals surface area contributed by atoms with E-state index in [1.54, 1.807) is 24.0 Å². The summed E-state index contributed by atoms with van der Waals surface area (Å²) in [7, 11) is 0. The van der Waals surface area contributed by atoms with Crippen LogP contribution in [0.25, 0.3) is 0 Å². The maximum atomic E-state index is 11.7. The minimum atomic E-state index is -0.407. The molecule has 0 N–H and O–H groups in total. The SMILES string of the molecule is CCOC(=O)CN(c1cc(C)ccc1[N+](=O)[O-])C1CC1. The van der Waals surface area contributed by atoms with Gasteiger partial charge in [0, 0.05) is 12.1 Å². The van der Waals surface area contributed by atoms with E-state index in [9.17, 15) is 14.9 Å². The molecule has 0 aliphatic heterocycles. The first kappa shape index (κ1) is 14.3. The molecule has 1 saturated carbocycles. The zero-order valence-electron chi connectivity index (χ0n) is 11.7. The number of hydrogen-bond donors (Lipinski definition) is 0. The number of carbonyl (C=O) groups excluding carboxylic acids is 1. The highest BCUT2D eigenvalue weighted by atomic mass is 16.6. The summed E-state index contributed by atoms with van der Waals surface area (Å²) < 4.78 is 4.95. The van der Waals surface area contributed by atoms with Crippen LogP contribution < -0.4 is 4.90 Å². The molecule has 1 aliphatic rings. The van der Waals surface area contributed by atoms with E-state index in [2.05, 4.69) is 0 Å². The van der Waals surface area contributed by atoms with Gasteiger partial charge in [0.15, 0.2) is 0 Å². The van der Waals surface area contributed by atoms with Crippen molar-refractivity contribution in [2.24, 2.45) is 0 Å². The van der Waals surface area contributed by atoms with Crippen LogP contribution in [0, 0.1) is 17.0 Å². The van der Waals surface area contributed by atoms with Gasteiger partial charge in [0.25, 0.3) is 5.69 Å². The van der Waals surface area contributed by atoms with Crippen LogP contribution >= 0.6 is 0 Å². The van der Waals surface area contributed by atoms with Crippen molar-refractivity contribution in [2.75, 3.05) is 18.1 Å². The number of ether oxygens (including phenoxy) is 1. The lowest BCUT2D eigenvalue weighted by Gasteiger charge is -2.23. The molecule has 0 amide bonds. The molecular formula is C14H18N2O4. The molecule has 20 heavy (non-hydrogen) atoms. The molecule has 0 unspecified atom stereocenters. The van der Waals surface area contributed by atoms with Gasteiger partial charge in [0.1, 0.15) is 12.2 Å². The van der Waals surface area contributed by atoms with Crippen molar-refractivity contribution in [3.8, 4) is 0 Å². The van der Waals surface area contributed by atoms with Crippen LogP contribution in [0.4, 0.5) is 11.4 Å². The number of nitro groups is 1. The Labute approximate surface area is 117 Å². The Bertz CT molecular complexity index is 526. The molecule has 0 spiro atoms. The minimum absolute atomic E-state index is 0.0341. The highest BCUT2D eigenvalue weighted by Gasteiger charge is 2.34. The second kappa shape index (κ2) is 5.90. The van der Waals surface area contributed by atoms with Crippen LogP contribution in [0.15, 0.2) is 18.2 Å². The summed E-state index contributed by atoms with van der Waals surface area (Å²) >= 11 is 0. The van der Waals surface area contributed by atoms with Crippen molar-refractivity contribution in [1.29, 1.82) is 0 Å². The van der Waals surface area contributed by atoms with Crippen LogP contribution in [0.2, 0.25) is 0 Å². The maximum Gasteiger partial charge on any atom is 0.325 e. The average molecular weight is 278 g/mol. The van der Waals surface area contributed by atoms with Crippen molar-refractivity contribution in [2.45, 2.75) is 32.7 Å². The van der Waals surface area contributed by atoms with Crippen molar-refractivity contribution in [1.82, 2.24) is 0 Å². The van der Waals surface area contributed by atoms with E-state index < -0.39 is 4.92 Å². The Balaban J connectivity index is 2.31. The summed E-state index contributed by atoms with van der Waals surface area (Å²) in [5.74, 6) is -0.352. The molecule has 6 heteroatoms. The van der Waals surface area contributed by atoms with E-state index in [4.69, 9.17) is 4.74 Å². The average Bonchev–Trinajstić information content (AvgIpc) is 3.20. The van der Waals surface area contributed by atoms with Gasteiger partial charge in [-0.25, -0.2) is 0 Å². The van der Waals surface area contributed by atoms with Crippen LogP contribution in [0.1, 0.15) is 25.3 Å². The molecule has 108 valence electrons. The predicted octanol–water partition coefficient (Wildman–Crippen LogP) is 2.44. The molecule has 0 saturated heterocycles. The highest BCUT2D eigenvalue weighted by molar-refractivity contribution is 5.78. The second-order valence-electron chi connectivity index (χ2n) is 4.91. The molecule has 0 radical (unpaired) electrons. The first-order chi connectivity index (χ1) is 9.52. The topological polar surface area (TPSA) is 72.7 Å². The lowest BCUT2D eigenvalue weighted by molar-refractivity contribution is -0.384. The standard InChI is InChI=1S/C14H18N2O4/c1-3-20-14(17)9-15(11-5-6-11)13-8-10(2)4-7-12(13)16(18)19/h4,7-8,11H,3,5-6,9H2,1-2H3. The summed E-state index contributed by atoms with van der Waals surface area (Å²) in [5, 5.41) is 11.2. The Hall–Kier alpha value is -2.11. The first-order valence-corrected chi connectivity index (χ1v) is 6.70. The number of nitrogens with zero attached hydrogens (tertiary/aromatic N) is 2. The van der Waals surface area contributed by atoms with Crippen LogP contribution in [0.5, 0.6) is 0 Å². The Morgan fingerprint density at radius 3 is 2.75 bits per heavy atom. The molecular weight excluding hydrogens is 260 g/mol. The van der Waals surface area contributed by atoms with Gasteiger partial charge in [-0.15, -0.1) is 0 Å². The van der Waals surface area contributed by atoms with Crippen molar-refractivity contribution in [3.63, 3.8) is 0 Å². The minimum Gasteiger partial charge on any atom is -0.465 e. The summed E-state index contributed by atoms with van der Waals surface area (Å²) in [4.78, 5) is 24.2. The fourth-order valence-corrected chi connectivity index (χ4v) is 2.16. The molecule has 6 nitrogen and oxygen atoms in total. The maximum absolute atomic E-state index is 11.7. The van der Waals surface area contributed by atoms with Crippen LogP contribution in [-0.4, -0.2) is 30.1 Å². The van der Waals surface area contributed by atoms with Crippen LogP contribution in [-0.2, 0) is 9.53 Å². The largest absolute Gasteiger partial charge is 0.465 e. The Morgan fingerprint density at radius 1 is 1.50 bits per heavy atom. The summed E-state index contributed by atoms with van der Waals surface area (Å²) in [6, 6.07) is 5.15. The lowest BCUT2D eigenvalue weighted by Crippen LogP contribution is -2.33. The van der Waals surface area contributed by atoms with Crippen LogP contribution in [0.3, 0.4) is 0 Å². The van der Waals surface area contributed by atoms with Gasteiger partial charge in [0.05, 0.1) is 11.5 Å². The predicted molar refractivity (Wildman–Crippen MR) is 74.8 cm³/mol. The molecule has 1 aliphatic carbocycles. The normalized spacial score (nSPS) is 13.9. The summed E-state index contributed by atoms with van der Waals surface area (Å²) in [6.07, 6.45) is 1.90. The van der Waals surface area contributed by atoms with Gasteiger partial charge in [-0.1, -0.05) is 6.07 Å². The van der Waals surface area contributed by atoms with Gasteiger partial charge < -0.3 is 9.64 Å². The number of anilines is 1. The number of carbonyl (C=O) groups is 1. The van der Waals surface area contributed by atoms with E-state index in [0.29, 0.717) is 12.3 Å². The number of hydrogen-bond acceptors (Lipinski definition) is 5. The number of rotatable bonds is 6. The molecule has 0 heterocycles. The van der Waals surface area contributed by atoms with Gasteiger partial charge in [-0.2, -0.15) is 0 Å². The van der Waals surface area contributed by atoms with E-state index in [1.165, 1.54) is 6.07 Å². The van der Waals surface area contributed by atoms with Gasteiger partial charge >= 0.3 is 5.97 Å². The lowest BCUT2D eigenvalue weighted by atomic mass is 10.1. The second-order valence-corrected chi connectivity index (χ2v) is 4.91. The van der Waals surface area contributed by atoms with Crippen molar-refractivity contribution in [3.05, 3.63) is 33.9 Å². The van der Waals surface area contributed by atoms with Gasteiger partial charge in [0.2, 0.25) is 0 Å². The zero-order valence-corrected chi connectivity index (χ0v) is 11.7. The number of aryl methyl sites for hydroxylation is 1. The van der Waals surface area contributed by atoms with E-state index in [0.717, 1.165) is 18.4 Å². The fraction of sp³-hybridized carbons (Fsp3) is 0.500. The first-order valence-electron chi connectivity index (χ1n) is 6.70. The molecule has 0 aromatic heterocycles. The van der Waals surface area contributed by atoms with Crippen molar-refractivity contribution < 1.29 is 14.5 Å². The van der Waals surface area contributed by atoms with E-state index in [1.807, 2.05) is 6.92 Å². The number of benzene rings is 1. The molecule has 0 atom stereocenters. The molecule has 1 fully saturated rings. The van der Waals surface area contributed by atoms with Gasteiger partial charge in [-0.3, -0.25) is 14.9 Å². The number of nitro benzene ring substituents is 1. The van der Waals surface area contributed by atoms with Crippen molar-refractivity contribution >= 4 is 17.3 Å². The number of esters is 1. The third-order valence-corrected chi connectivity index (χ3v) is 3.23. The smallest absolute Gasteiger partial charge is 0.325 e. The third kappa shape index (κ3) is 3.26. The Kier molecular flexibility index (Phi) is 4.22. The fourth-order valence-electron chi connectivity index (χ4n) is 2.16. The zero-order chi connectivity index (χ0) is 14.7. The third-order valence-electron chi connectivity index (χ3n) is 3.23. The summed E-state index contributed by atoms with van der Waals surface area (Å²) in [5.41, 5.74) is 1.47. The van der Waals surface area contributed by atoms with E-state index >= 15 is 0 Å². The Morgan fingerprint density at radius 2 is 2.20 bits per heavy atom. The highest BCUT2D eigenvalue weighted by Crippen LogP contribution is 2.37. The molecule has 2 rings (SSSR count). The quantitative estimate of drug-likeness (QED) is 0.454. The molecule has 0 bridgehead atoms. The summed E-state index contributed by atoms with van der Waals surface area (Å²) in [6.45, 7) is 3.99. The molecule has 1 aromatic rings. The van der Waals surface area contributed by atoms with E-state index in [-0.39, 0.29) is 24.2 Å². The monoisotopic (exact) mass is 278 g/mol. The molecule has 1 aromatic carbocycles.